The first-order chi connectivity index (χ1) is 12.6. The third kappa shape index (κ3) is 2.29. The highest BCUT2D eigenvalue weighted by atomic mass is 14.4. The zero-order valence-electron chi connectivity index (χ0n) is 15.3. The maximum Gasteiger partial charge on any atom is 0.0158 e. The van der Waals surface area contributed by atoms with E-state index in [0.717, 1.165) is 6.42 Å². The van der Waals surface area contributed by atoms with Gasteiger partial charge in [-0.25, -0.2) is 0 Å². The number of fused-ring (bicyclic) bond motifs is 4. The summed E-state index contributed by atoms with van der Waals surface area (Å²) in [5.41, 5.74) is 8.52. The monoisotopic (exact) mass is 334 g/mol. The second-order valence-electron chi connectivity index (χ2n) is 7.91. The largest absolute Gasteiger partial charge is 0.0619 e. The van der Waals surface area contributed by atoms with Gasteiger partial charge in [-0.2, -0.15) is 0 Å². The van der Waals surface area contributed by atoms with Gasteiger partial charge in [-0.3, -0.25) is 0 Å². The van der Waals surface area contributed by atoms with Gasteiger partial charge in [0, 0.05) is 5.41 Å². The van der Waals surface area contributed by atoms with Crippen LogP contribution in [0.25, 0.3) is 21.9 Å². The van der Waals surface area contributed by atoms with E-state index >= 15 is 0 Å². The Balaban J connectivity index is 1.55. The molecule has 4 aromatic carbocycles. The third-order valence-corrected chi connectivity index (χ3v) is 5.87. The topological polar surface area (TPSA) is 0 Å². The van der Waals surface area contributed by atoms with Crippen molar-refractivity contribution in [2.24, 2.45) is 0 Å². The Morgan fingerprint density at radius 3 is 2.12 bits per heavy atom. The van der Waals surface area contributed by atoms with E-state index in [4.69, 9.17) is 0 Å². The summed E-state index contributed by atoms with van der Waals surface area (Å²) in [5.74, 6) is 0. The summed E-state index contributed by atoms with van der Waals surface area (Å²) in [4.78, 5) is 0. The van der Waals surface area contributed by atoms with E-state index in [-0.39, 0.29) is 5.41 Å². The Labute approximate surface area is 155 Å². The molecule has 0 aliphatic heterocycles. The van der Waals surface area contributed by atoms with Gasteiger partial charge in [-0.1, -0.05) is 98.8 Å². The van der Waals surface area contributed by atoms with Crippen LogP contribution in [0.3, 0.4) is 0 Å². The number of hydrogen-bond donors (Lipinski definition) is 0. The molecule has 0 N–H and O–H groups in total. The smallest absolute Gasteiger partial charge is 0.0158 e. The van der Waals surface area contributed by atoms with E-state index in [1.165, 1.54) is 44.2 Å². The molecule has 0 unspecified atom stereocenters. The van der Waals surface area contributed by atoms with E-state index in [1.807, 2.05) is 0 Å². The minimum absolute atomic E-state index is 0.0747. The molecule has 126 valence electrons. The molecule has 0 heterocycles. The fraction of sp³-hybridized carbons (Fsp3) is 0.154. The van der Waals surface area contributed by atoms with Crippen molar-refractivity contribution in [3.8, 4) is 11.1 Å². The van der Waals surface area contributed by atoms with Crippen LogP contribution >= 0.6 is 0 Å². The predicted molar refractivity (Wildman–Crippen MR) is 111 cm³/mol. The summed E-state index contributed by atoms with van der Waals surface area (Å²) in [5, 5.41) is 2.63. The molecule has 0 spiro atoms. The van der Waals surface area contributed by atoms with Gasteiger partial charge >= 0.3 is 0 Å². The average molecular weight is 334 g/mol. The molecule has 0 bridgehead atoms. The van der Waals surface area contributed by atoms with Gasteiger partial charge < -0.3 is 0 Å². The Bertz CT molecular complexity index is 1130. The lowest BCUT2D eigenvalue weighted by Crippen LogP contribution is -2.15. The van der Waals surface area contributed by atoms with Crippen LogP contribution in [0.1, 0.15) is 36.1 Å². The van der Waals surface area contributed by atoms with Crippen molar-refractivity contribution in [3.05, 3.63) is 107 Å². The summed E-state index contributed by atoms with van der Waals surface area (Å²) < 4.78 is 0. The van der Waals surface area contributed by atoms with Crippen molar-refractivity contribution in [2.75, 3.05) is 0 Å². The van der Waals surface area contributed by atoms with Crippen LogP contribution in [0, 0.1) is 0 Å². The van der Waals surface area contributed by atoms with E-state index in [9.17, 15) is 0 Å². The maximum absolute atomic E-state index is 2.42. The molecule has 0 aromatic heterocycles. The van der Waals surface area contributed by atoms with Gasteiger partial charge in [0.2, 0.25) is 0 Å². The molecule has 0 saturated carbocycles. The van der Waals surface area contributed by atoms with Crippen molar-refractivity contribution in [1.29, 1.82) is 0 Å². The molecule has 0 fully saturated rings. The first kappa shape index (κ1) is 15.4. The first-order valence-electron chi connectivity index (χ1n) is 9.34. The van der Waals surface area contributed by atoms with Crippen LogP contribution < -0.4 is 0 Å². The van der Waals surface area contributed by atoms with Crippen molar-refractivity contribution in [3.63, 3.8) is 0 Å². The summed E-state index contributed by atoms with van der Waals surface area (Å²) in [6.45, 7) is 4.69. The standard InChI is InChI=1S/C26H22/c1-26(2)24-10-6-5-9-22(24)23-14-12-19(17-25(23)26)15-18-11-13-20-7-3-4-8-21(20)16-18/h3-14,16-17H,15H2,1-2H3. The molecule has 5 rings (SSSR count). The van der Waals surface area contributed by atoms with Gasteiger partial charge in [0.15, 0.2) is 0 Å². The number of benzene rings is 4. The van der Waals surface area contributed by atoms with Gasteiger partial charge in [-0.15, -0.1) is 0 Å². The molecule has 1 aliphatic rings. The van der Waals surface area contributed by atoms with E-state index < -0.39 is 0 Å². The Morgan fingerprint density at radius 2 is 1.23 bits per heavy atom. The van der Waals surface area contributed by atoms with Gasteiger partial charge in [-0.05, 0) is 50.6 Å². The third-order valence-electron chi connectivity index (χ3n) is 5.87. The van der Waals surface area contributed by atoms with Crippen molar-refractivity contribution < 1.29 is 0 Å². The SMILES string of the molecule is CC1(C)c2ccccc2-c2ccc(Cc3ccc4ccccc4c3)cc21. The number of rotatable bonds is 2. The summed E-state index contributed by atoms with van der Waals surface area (Å²) >= 11 is 0. The highest BCUT2D eigenvalue weighted by Gasteiger charge is 2.34. The molecule has 0 nitrogen and oxygen atoms in total. The van der Waals surface area contributed by atoms with Crippen LogP contribution in [-0.4, -0.2) is 0 Å². The van der Waals surface area contributed by atoms with Crippen LogP contribution in [-0.2, 0) is 11.8 Å². The van der Waals surface area contributed by atoms with Crippen LogP contribution in [0.15, 0.2) is 84.9 Å². The molecule has 1 aliphatic carbocycles. The molecule has 0 radical (unpaired) electrons. The predicted octanol–water partition coefficient (Wildman–Crippen LogP) is 6.74. The van der Waals surface area contributed by atoms with Crippen molar-refractivity contribution >= 4 is 10.8 Å². The maximum atomic E-state index is 2.42. The minimum atomic E-state index is 0.0747. The second-order valence-corrected chi connectivity index (χ2v) is 7.91. The zero-order chi connectivity index (χ0) is 17.7. The average Bonchev–Trinajstić information content (AvgIpc) is 2.89. The molecule has 26 heavy (non-hydrogen) atoms. The number of hydrogen-bond acceptors (Lipinski definition) is 0. The van der Waals surface area contributed by atoms with Gasteiger partial charge in [0.1, 0.15) is 0 Å². The lowest BCUT2D eigenvalue weighted by Gasteiger charge is -2.22. The normalized spacial score (nSPS) is 14.2. The Hall–Kier alpha value is -2.86. The molecule has 0 atom stereocenters. The lowest BCUT2D eigenvalue weighted by molar-refractivity contribution is 0.659. The molecule has 4 aromatic rings. The van der Waals surface area contributed by atoms with Gasteiger partial charge in [0.05, 0.1) is 0 Å². The molecule has 0 saturated heterocycles. The Morgan fingerprint density at radius 1 is 0.577 bits per heavy atom. The van der Waals surface area contributed by atoms with E-state index in [1.54, 1.807) is 0 Å². The zero-order valence-corrected chi connectivity index (χ0v) is 15.3. The van der Waals surface area contributed by atoms with E-state index in [0.29, 0.717) is 0 Å². The van der Waals surface area contributed by atoms with Gasteiger partial charge in [0.25, 0.3) is 0 Å². The minimum Gasteiger partial charge on any atom is -0.0619 e. The Kier molecular flexibility index (Phi) is 3.30. The second kappa shape index (κ2) is 5.57. The van der Waals surface area contributed by atoms with Crippen LogP contribution in [0.2, 0.25) is 0 Å². The van der Waals surface area contributed by atoms with Crippen LogP contribution in [0.4, 0.5) is 0 Å². The molecular weight excluding hydrogens is 312 g/mol. The fourth-order valence-electron chi connectivity index (χ4n) is 4.45. The van der Waals surface area contributed by atoms with Crippen molar-refractivity contribution in [1.82, 2.24) is 0 Å². The highest BCUT2D eigenvalue weighted by molar-refractivity contribution is 5.83. The van der Waals surface area contributed by atoms with Crippen LogP contribution in [0.5, 0.6) is 0 Å². The molecule has 0 heteroatoms. The molecular formula is C26H22. The first-order valence-corrected chi connectivity index (χ1v) is 9.34. The summed E-state index contributed by atoms with van der Waals surface area (Å²) in [6.07, 6.45) is 0.977. The summed E-state index contributed by atoms with van der Waals surface area (Å²) in [7, 11) is 0. The quantitative estimate of drug-likeness (QED) is 0.381. The fourth-order valence-corrected chi connectivity index (χ4v) is 4.45. The van der Waals surface area contributed by atoms with Crippen molar-refractivity contribution in [2.45, 2.75) is 25.7 Å². The highest BCUT2D eigenvalue weighted by Crippen LogP contribution is 2.48. The molecule has 0 amide bonds. The van der Waals surface area contributed by atoms with E-state index in [2.05, 4.69) is 98.8 Å². The lowest BCUT2D eigenvalue weighted by atomic mass is 9.81. The summed E-state index contributed by atoms with van der Waals surface area (Å²) in [6, 6.07) is 31.3.